The topological polar surface area (TPSA) is 60.8 Å². The predicted octanol–water partition coefficient (Wildman–Crippen LogP) is 5.02. The Morgan fingerprint density at radius 2 is 1.53 bits per heavy atom. The van der Waals surface area contributed by atoms with Crippen LogP contribution in [0.1, 0.15) is 35.1 Å². The Morgan fingerprint density at radius 1 is 0.861 bits per heavy atom. The van der Waals surface area contributed by atoms with Crippen LogP contribution in [-0.4, -0.2) is 29.0 Å². The van der Waals surface area contributed by atoms with E-state index >= 15 is 0 Å². The van der Waals surface area contributed by atoms with E-state index in [-0.39, 0.29) is 11.5 Å². The SMILES string of the molecule is CC(=O)OOc1cccc(CN(C)CCn2cc(C(c3ccccc3)c3ccccc3)ccc2=O)c1. The Bertz CT molecular complexity index is 1300. The van der Waals surface area contributed by atoms with Crippen LogP contribution in [0.2, 0.25) is 0 Å². The van der Waals surface area contributed by atoms with Gasteiger partial charge in [0.25, 0.3) is 5.56 Å². The van der Waals surface area contributed by atoms with Gasteiger partial charge in [-0.15, -0.1) is 0 Å². The molecule has 0 amide bonds. The average molecular weight is 483 g/mol. The van der Waals surface area contributed by atoms with Gasteiger partial charge in [-0.2, -0.15) is 0 Å². The Hall–Kier alpha value is -4.16. The van der Waals surface area contributed by atoms with E-state index in [4.69, 9.17) is 4.89 Å². The molecule has 0 fully saturated rings. The molecule has 1 heterocycles. The normalized spacial score (nSPS) is 11.0. The van der Waals surface area contributed by atoms with Crippen molar-refractivity contribution in [3.8, 4) is 5.75 Å². The number of hydrogen-bond donors (Lipinski definition) is 0. The van der Waals surface area contributed by atoms with Crippen LogP contribution >= 0.6 is 0 Å². The van der Waals surface area contributed by atoms with Crippen LogP contribution in [0.25, 0.3) is 0 Å². The molecule has 6 nitrogen and oxygen atoms in total. The van der Waals surface area contributed by atoms with Crippen molar-refractivity contribution in [2.75, 3.05) is 13.6 Å². The molecule has 0 saturated carbocycles. The summed E-state index contributed by atoms with van der Waals surface area (Å²) < 4.78 is 1.78. The highest BCUT2D eigenvalue weighted by Crippen LogP contribution is 2.31. The molecule has 0 atom stereocenters. The quantitative estimate of drug-likeness (QED) is 0.235. The maximum atomic E-state index is 12.7. The average Bonchev–Trinajstić information content (AvgIpc) is 2.89. The Morgan fingerprint density at radius 3 is 2.17 bits per heavy atom. The first-order valence-electron chi connectivity index (χ1n) is 11.9. The van der Waals surface area contributed by atoms with Crippen LogP contribution in [-0.2, 0) is 22.8 Å². The van der Waals surface area contributed by atoms with Gasteiger partial charge in [0.1, 0.15) is 0 Å². The minimum atomic E-state index is -0.507. The Balaban J connectivity index is 1.48. The molecule has 0 saturated heterocycles. The summed E-state index contributed by atoms with van der Waals surface area (Å²) in [5.41, 5.74) is 4.42. The van der Waals surface area contributed by atoms with Gasteiger partial charge < -0.3 is 9.47 Å². The van der Waals surface area contributed by atoms with Gasteiger partial charge in [-0.05, 0) is 41.4 Å². The molecule has 4 aromatic rings. The number of likely N-dealkylation sites (N-methyl/N-ethyl adjacent to an activating group) is 1. The van der Waals surface area contributed by atoms with Crippen LogP contribution < -0.4 is 10.4 Å². The van der Waals surface area contributed by atoms with Gasteiger partial charge in [-0.1, -0.05) is 78.9 Å². The standard InChI is InChI=1S/C30H30N2O4/c1-23(33)35-36-28-15-9-10-24(20-28)21-31(2)18-19-32-22-27(16-17-29(32)34)30(25-11-5-3-6-12-25)26-13-7-4-8-14-26/h3-17,20,22,30H,18-19,21H2,1-2H3. The van der Waals surface area contributed by atoms with Crippen molar-refractivity contribution in [1.29, 1.82) is 0 Å². The molecular weight excluding hydrogens is 452 g/mol. The molecular formula is C30H30N2O4. The fourth-order valence-electron chi connectivity index (χ4n) is 4.24. The lowest BCUT2D eigenvalue weighted by Gasteiger charge is -2.21. The highest BCUT2D eigenvalue weighted by Gasteiger charge is 2.17. The second-order valence-corrected chi connectivity index (χ2v) is 8.79. The third-order valence-electron chi connectivity index (χ3n) is 5.93. The first-order chi connectivity index (χ1) is 17.5. The monoisotopic (exact) mass is 482 g/mol. The largest absolute Gasteiger partial charge is 0.352 e. The zero-order valence-electron chi connectivity index (χ0n) is 20.5. The highest BCUT2D eigenvalue weighted by molar-refractivity contribution is 5.65. The molecule has 6 heteroatoms. The summed E-state index contributed by atoms with van der Waals surface area (Å²) in [5, 5.41) is 0. The summed E-state index contributed by atoms with van der Waals surface area (Å²) >= 11 is 0. The van der Waals surface area contributed by atoms with E-state index in [0.29, 0.717) is 25.4 Å². The first kappa shape index (κ1) is 24.9. The van der Waals surface area contributed by atoms with Crippen molar-refractivity contribution in [2.45, 2.75) is 25.9 Å². The van der Waals surface area contributed by atoms with Gasteiger partial charge >= 0.3 is 5.97 Å². The predicted molar refractivity (Wildman–Crippen MR) is 140 cm³/mol. The zero-order valence-corrected chi connectivity index (χ0v) is 20.5. The van der Waals surface area contributed by atoms with Crippen LogP contribution in [0.3, 0.4) is 0 Å². The molecule has 1 aromatic heterocycles. The number of benzene rings is 3. The summed E-state index contributed by atoms with van der Waals surface area (Å²) in [6.45, 7) is 3.18. The number of rotatable bonds is 10. The summed E-state index contributed by atoms with van der Waals surface area (Å²) in [7, 11) is 2.01. The minimum Gasteiger partial charge on any atom is -0.314 e. The van der Waals surface area contributed by atoms with E-state index in [0.717, 1.165) is 11.1 Å². The summed E-state index contributed by atoms with van der Waals surface area (Å²) in [5.74, 6) is -0.00297. The molecule has 4 rings (SSSR count). The molecule has 0 radical (unpaired) electrons. The van der Waals surface area contributed by atoms with Gasteiger partial charge in [0, 0.05) is 44.7 Å². The first-order valence-corrected chi connectivity index (χ1v) is 11.9. The van der Waals surface area contributed by atoms with Crippen LogP contribution in [0.4, 0.5) is 0 Å². The Kier molecular flexibility index (Phi) is 8.32. The molecule has 184 valence electrons. The maximum absolute atomic E-state index is 12.7. The number of aromatic nitrogens is 1. The van der Waals surface area contributed by atoms with Gasteiger partial charge in [-0.3, -0.25) is 14.6 Å². The van der Waals surface area contributed by atoms with Crippen LogP contribution in [0.5, 0.6) is 5.75 Å². The van der Waals surface area contributed by atoms with Crippen molar-refractivity contribution in [2.24, 2.45) is 0 Å². The summed E-state index contributed by atoms with van der Waals surface area (Å²) in [6.07, 6.45) is 1.98. The van der Waals surface area contributed by atoms with Gasteiger partial charge in [0.2, 0.25) is 0 Å². The van der Waals surface area contributed by atoms with Gasteiger partial charge in [-0.25, -0.2) is 4.79 Å². The van der Waals surface area contributed by atoms with E-state index in [1.165, 1.54) is 18.1 Å². The lowest BCUT2D eigenvalue weighted by molar-refractivity contribution is -0.210. The van der Waals surface area contributed by atoms with E-state index < -0.39 is 5.97 Å². The number of carbonyl (C=O) groups is 1. The van der Waals surface area contributed by atoms with Crippen LogP contribution in [0.15, 0.2) is 108 Å². The molecule has 0 aliphatic heterocycles. The van der Waals surface area contributed by atoms with E-state index in [2.05, 4.69) is 34.1 Å². The summed E-state index contributed by atoms with van der Waals surface area (Å²) in [6, 6.07) is 31.7. The molecule has 0 N–H and O–H groups in total. The second-order valence-electron chi connectivity index (χ2n) is 8.79. The minimum absolute atomic E-state index is 0.0243. The third kappa shape index (κ3) is 6.71. The Labute approximate surface area is 211 Å². The van der Waals surface area contributed by atoms with E-state index in [1.54, 1.807) is 16.7 Å². The highest BCUT2D eigenvalue weighted by atomic mass is 17.2. The molecule has 0 aliphatic rings. The lowest BCUT2D eigenvalue weighted by atomic mass is 9.86. The number of carbonyl (C=O) groups excluding carboxylic acids is 1. The number of hydrogen-bond acceptors (Lipinski definition) is 5. The molecule has 36 heavy (non-hydrogen) atoms. The number of pyridine rings is 1. The molecule has 0 bridgehead atoms. The van der Waals surface area contributed by atoms with Crippen molar-refractivity contribution in [1.82, 2.24) is 9.47 Å². The van der Waals surface area contributed by atoms with E-state index in [9.17, 15) is 9.59 Å². The van der Waals surface area contributed by atoms with E-state index in [1.807, 2.05) is 73.9 Å². The zero-order chi connectivity index (χ0) is 25.3. The molecule has 0 unspecified atom stereocenters. The third-order valence-corrected chi connectivity index (χ3v) is 5.93. The van der Waals surface area contributed by atoms with Gasteiger partial charge in [0.05, 0.1) is 0 Å². The fraction of sp³-hybridized carbons (Fsp3) is 0.200. The van der Waals surface area contributed by atoms with Crippen molar-refractivity contribution < 1.29 is 14.6 Å². The van der Waals surface area contributed by atoms with Crippen molar-refractivity contribution in [3.05, 3.63) is 136 Å². The molecule has 3 aromatic carbocycles. The number of nitrogens with zero attached hydrogens (tertiary/aromatic N) is 2. The second kappa shape index (κ2) is 12.0. The van der Waals surface area contributed by atoms with Crippen LogP contribution in [0, 0.1) is 0 Å². The fourth-order valence-corrected chi connectivity index (χ4v) is 4.24. The molecule has 0 spiro atoms. The van der Waals surface area contributed by atoms with Crippen molar-refractivity contribution in [3.63, 3.8) is 0 Å². The molecule has 0 aliphatic carbocycles. The smallest absolute Gasteiger partial charge is 0.314 e. The lowest BCUT2D eigenvalue weighted by Crippen LogP contribution is -2.28. The van der Waals surface area contributed by atoms with Crippen molar-refractivity contribution >= 4 is 5.97 Å². The van der Waals surface area contributed by atoms with Gasteiger partial charge in [0.15, 0.2) is 5.75 Å². The summed E-state index contributed by atoms with van der Waals surface area (Å²) in [4.78, 5) is 35.4. The maximum Gasteiger partial charge on any atom is 0.352 e.